The van der Waals surface area contributed by atoms with Gasteiger partial charge < -0.3 is 10.1 Å². The van der Waals surface area contributed by atoms with E-state index in [2.05, 4.69) is 15.3 Å². The molecule has 1 saturated heterocycles. The number of nitrogens with one attached hydrogen (secondary N) is 1. The van der Waals surface area contributed by atoms with Crippen LogP contribution in [0.25, 0.3) is 0 Å². The molecule has 27 heavy (non-hydrogen) atoms. The molecule has 0 radical (unpaired) electrons. The van der Waals surface area contributed by atoms with Crippen LogP contribution in [-0.4, -0.2) is 60.0 Å². The van der Waals surface area contributed by atoms with Gasteiger partial charge in [-0.1, -0.05) is 6.92 Å². The second-order valence-corrected chi connectivity index (χ2v) is 7.41. The Morgan fingerprint density at radius 3 is 2.70 bits per heavy atom. The molecule has 152 valence electrons. The van der Waals surface area contributed by atoms with Crippen molar-refractivity contribution in [3.63, 3.8) is 0 Å². The van der Waals surface area contributed by atoms with Gasteiger partial charge in [0, 0.05) is 31.2 Å². The molecule has 2 fully saturated rings. The number of carbonyl (C=O) groups excluding carboxylic acids is 1. The Kier molecular flexibility index (Phi) is 6.41. The highest BCUT2D eigenvalue weighted by molar-refractivity contribution is 5.78. The second kappa shape index (κ2) is 8.60. The Bertz CT molecular complexity index is 637. The molecule has 1 aliphatic carbocycles. The maximum absolute atomic E-state index is 13.0. The molecule has 1 aromatic heterocycles. The normalized spacial score (nSPS) is 19.9. The lowest BCUT2D eigenvalue weighted by Crippen LogP contribution is -2.39. The van der Waals surface area contributed by atoms with Crippen LogP contribution in [0.2, 0.25) is 0 Å². The van der Waals surface area contributed by atoms with E-state index in [-0.39, 0.29) is 18.4 Å². The number of amides is 1. The first-order valence-electron chi connectivity index (χ1n) is 9.57. The quantitative estimate of drug-likeness (QED) is 0.694. The van der Waals surface area contributed by atoms with Gasteiger partial charge in [-0.3, -0.25) is 14.4 Å². The van der Waals surface area contributed by atoms with Crippen LogP contribution < -0.4 is 5.32 Å². The third-order valence-corrected chi connectivity index (χ3v) is 5.05. The molecule has 0 bridgehead atoms. The van der Waals surface area contributed by atoms with Crippen molar-refractivity contribution >= 4 is 5.91 Å². The Labute approximate surface area is 157 Å². The van der Waals surface area contributed by atoms with Crippen molar-refractivity contribution in [2.75, 3.05) is 39.4 Å². The lowest BCUT2D eigenvalue weighted by Gasteiger charge is -2.26. The average molecular weight is 388 g/mol. The maximum Gasteiger partial charge on any atom is 0.435 e. The van der Waals surface area contributed by atoms with Crippen LogP contribution in [-0.2, 0) is 22.3 Å². The van der Waals surface area contributed by atoms with E-state index in [0.717, 1.165) is 58.2 Å². The molecule has 1 aromatic rings. The summed E-state index contributed by atoms with van der Waals surface area (Å²) in [5.74, 6) is -0.452. The smallest absolute Gasteiger partial charge is 0.379 e. The predicted octanol–water partition coefficient (Wildman–Crippen LogP) is 2.25. The number of alkyl halides is 3. The fraction of sp³-hybridized carbons (Fsp3) is 0.778. The Hall–Kier alpha value is -1.61. The number of halogens is 3. The first kappa shape index (κ1) is 20.1. The highest BCUT2D eigenvalue weighted by atomic mass is 19.4. The minimum atomic E-state index is -4.46. The van der Waals surface area contributed by atoms with Gasteiger partial charge in [-0.05, 0) is 31.9 Å². The molecule has 0 spiro atoms. The number of nitrogens with zero attached hydrogens (tertiary/aromatic N) is 3. The molecule has 1 aliphatic heterocycles. The highest BCUT2D eigenvalue weighted by Crippen LogP contribution is 2.42. The molecule has 0 aromatic carbocycles. The van der Waals surface area contributed by atoms with Crippen molar-refractivity contribution in [3.05, 3.63) is 17.5 Å². The summed E-state index contributed by atoms with van der Waals surface area (Å²) in [5.41, 5.74) is -0.281. The van der Waals surface area contributed by atoms with Gasteiger partial charge in [0.05, 0.1) is 25.7 Å². The maximum atomic E-state index is 13.0. The Balaban J connectivity index is 1.47. The summed E-state index contributed by atoms with van der Waals surface area (Å²) in [7, 11) is 0. The zero-order valence-electron chi connectivity index (χ0n) is 15.6. The minimum absolute atomic E-state index is 0.136. The Morgan fingerprint density at radius 2 is 2.07 bits per heavy atom. The van der Waals surface area contributed by atoms with Crippen molar-refractivity contribution in [3.8, 4) is 0 Å². The summed E-state index contributed by atoms with van der Waals surface area (Å²) in [6, 6.07) is 1.13. The average Bonchev–Trinajstić information content (AvgIpc) is 3.38. The fourth-order valence-electron chi connectivity index (χ4n) is 3.28. The van der Waals surface area contributed by atoms with E-state index in [9.17, 15) is 18.0 Å². The molecule has 2 heterocycles. The van der Waals surface area contributed by atoms with Gasteiger partial charge in [-0.15, -0.1) is 0 Å². The van der Waals surface area contributed by atoms with Gasteiger partial charge in [-0.2, -0.15) is 18.3 Å². The van der Waals surface area contributed by atoms with Crippen molar-refractivity contribution in [1.82, 2.24) is 20.0 Å². The van der Waals surface area contributed by atoms with Gasteiger partial charge in [0.1, 0.15) is 0 Å². The summed E-state index contributed by atoms with van der Waals surface area (Å²) in [5, 5.41) is 6.60. The number of rotatable bonds is 8. The summed E-state index contributed by atoms with van der Waals surface area (Å²) in [6.07, 6.45) is -1.86. The SMILES string of the molecule is CC(Cn1nc(C(F)(F)F)cc1C1CC1)C(=O)NCCCN1CCOCC1. The van der Waals surface area contributed by atoms with Crippen molar-refractivity contribution in [1.29, 1.82) is 0 Å². The highest BCUT2D eigenvalue weighted by Gasteiger charge is 2.38. The number of aromatic nitrogens is 2. The van der Waals surface area contributed by atoms with Gasteiger partial charge in [-0.25, -0.2) is 0 Å². The molecule has 1 amide bonds. The third-order valence-electron chi connectivity index (χ3n) is 5.05. The molecule has 1 N–H and O–H groups in total. The van der Waals surface area contributed by atoms with Crippen LogP contribution in [0.15, 0.2) is 6.07 Å². The van der Waals surface area contributed by atoms with E-state index >= 15 is 0 Å². The van der Waals surface area contributed by atoms with E-state index in [0.29, 0.717) is 12.2 Å². The summed E-state index contributed by atoms with van der Waals surface area (Å²) >= 11 is 0. The summed E-state index contributed by atoms with van der Waals surface area (Å²) in [4.78, 5) is 14.6. The zero-order valence-corrected chi connectivity index (χ0v) is 15.6. The molecule has 3 rings (SSSR count). The van der Waals surface area contributed by atoms with Crippen LogP contribution >= 0.6 is 0 Å². The molecular weight excluding hydrogens is 361 g/mol. The number of hydrogen-bond donors (Lipinski definition) is 1. The van der Waals surface area contributed by atoms with Crippen LogP contribution in [0.3, 0.4) is 0 Å². The number of hydrogen-bond acceptors (Lipinski definition) is 4. The molecule has 1 saturated carbocycles. The second-order valence-electron chi connectivity index (χ2n) is 7.41. The fourth-order valence-corrected chi connectivity index (χ4v) is 3.28. The summed E-state index contributed by atoms with van der Waals surface area (Å²) in [6.45, 7) is 6.66. The van der Waals surface area contributed by atoms with E-state index in [4.69, 9.17) is 4.74 Å². The predicted molar refractivity (Wildman–Crippen MR) is 93.3 cm³/mol. The van der Waals surface area contributed by atoms with E-state index in [1.807, 2.05) is 0 Å². The van der Waals surface area contributed by atoms with E-state index in [1.54, 1.807) is 6.92 Å². The number of carbonyl (C=O) groups is 1. The lowest BCUT2D eigenvalue weighted by atomic mass is 10.1. The van der Waals surface area contributed by atoms with E-state index < -0.39 is 17.8 Å². The van der Waals surface area contributed by atoms with Crippen molar-refractivity contribution in [2.45, 2.75) is 44.8 Å². The monoisotopic (exact) mass is 388 g/mol. The van der Waals surface area contributed by atoms with E-state index in [1.165, 1.54) is 4.68 Å². The Morgan fingerprint density at radius 1 is 1.37 bits per heavy atom. The molecule has 6 nitrogen and oxygen atoms in total. The van der Waals surface area contributed by atoms with Crippen LogP contribution in [0.4, 0.5) is 13.2 Å². The standard InChI is InChI=1S/C18H27F3N4O2/c1-13(17(26)22-5-2-6-24-7-9-27-10-8-24)12-25-15(14-3-4-14)11-16(23-25)18(19,20)21/h11,13-14H,2-10,12H2,1H3,(H,22,26). The largest absolute Gasteiger partial charge is 0.435 e. The topological polar surface area (TPSA) is 59.4 Å². The van der Waals surface area contributed by atoms with Crippen LogP contribution in [0.5, 0.6) is 0 Å². The number of morpholine rings is 1. The third kappa shape index (κ3) is 5.68. The van der Waals surface area contributed by atoms with Crippen molar-refractivity contribution in [2.24, 2.45) is 5.92 Å². The van der Waals surface area contributed by atoms with Crippen molar-refractivity contribution < 1.29 is 22.7 Å². The molecule has 1 atom stereocenters. The molecular formula is C18H27F3N4O2. The van der Waals surface area contributed by atoms with Gasteiger partial charge >= 0.3 is 6.18 Å². The minimum Gasteiger partial charge on any atom is -0.379 e. The van der Waals surface area contributed by atoms with Gasteiger partial charge in [0.2, 0.25) is 5.91 Å². The first-order valence-corrected chi connectivity index (χ1v) is 9.57. The molecule has 9 heteroatoms. The van der Waals surface area contributed by atoms with Gasteiger partial charge in [0.15, 0.2) is 5.69 Å². The number of ether oxygens (including phenoxy) is 1. The summed E-state index contributed by atoms with van der Waals surface area (Å²) < 4.78 is 45.5. The van der Waals surface area contributed by atoms with Gasteiger partial charge in [0.25, 0.3) is 0 Å². The van der Waals surface area contributed by atoms with Crippen LogP contribution in [0, 0.1) is 5.92 Å². The lowest BCUT2D eigenvalue weighted by molar-refractivity contribution is -0.141. The first-order chi connectivity index (χ1) is 12.8. The molecule has 2 aliphatic rings. The van der Waals surface area contributed by atoms with Crippen LogP contribution in [0.1, 0.15) is 43.5 Å². The molecule has 1 unspecified atom stereocenters. The zero-order chi connectivity index (χ0) is 19.4.